The largest absolute Gasteiger partial charge is 0.369 e. The predicted molar refractivity (Wildman–Crippen MR) is 65.1 cm³/mol. The van der Waals surface area contributed by atoms with Crippen molar-refractivity contribution in [3.63, 3.8) is 0 Å². The summed E-state index contributed by atoms with van der Waals surface area (Å²) < 4.78 is 7.76. The summed E-state index contributed by atoms with van der Waals surface area (Å²) in [4.78, 5) is 0. The highest BCUT2D eigenvalue weighted by Crippen LogP contribution is 2.23. The van der Waals surface area contributed by atoms with E-state index in [0.29, 0.717) is 0 Å². The molecule has 0 saturated heterocycles. The van der Waals surface area contributed by atoms with Crippen LogP contribution in [0.15, 0.2) is 12.4 Å². The van der Waals surface area contributed by atoms with Gasteiger partial charge in [0, 0.05) is 24.8 Å². The van der Waals surface area contributed by atoms with Gasteiger partial charge in [-0.15, -0.1) is 0 Å². The van der Waals surface area contributed by atoms with E-state index in [0.717, 1.165) is 18.4 Å². The summed E-state index contributed by atoms with van der Waals surface area (Å²) in [5.41, 5.74) is 7.17. The predicted octanol–water partition coefficient (Wildman–Crippen LogP) is 2.01. The molecule has 1 rings (SSSR count). The number of aryl methyl sites for hydroxylation is 1. The van der Waals surface area contributed by atoms with Crippen molar-refractivity contribution in [3.05, 3.63) is 18.0 Å². The third-order valence-electron chi connectivity index (χ3n) is 2.87. The number of aromatic nitrogens is 2. The molecule has 3 unspecified atom stereocenters. The molecule has 3 atom stereocenters. The smallest absolute Gasteiger partial charge is 0.101 e. The van der Waals surface area contributed by atoms with Gasteiger partial charge in [0.25, 0.3) is 0 Å². The second kappa shape index (κ2) is 6.01. The van der Waals surface area contributed by atoms with Crippen molar-refractivity contribution in [2.75, 3.05) is 0 Å². The van der Waals surface area contributed by atoms with Crippen molar-refractivity contribution >= 4 is 0 Å². The lowest BCUT2D eigenvalue weighted by molar-refractivity contribution is -0.0197. The molecule has 2 N–H and O–H groups in total. The fourth-order valence-corrected chi connectivity index (χ4v) is 1.57. The zero-order valence-electron chi connectivity index (χ0n) is 10.7. The van der Waals surface area contributed by atoms with Crippen LogP contribution in [0.1, 0.15) is 45.3 Å². The Hall–Kier alpha value is -0.870. The van der Waals surface area contributed by atoms with E-state index in [9.17, 15) is 0 Å². The van der Waals surface area contributed by atoms with Crippen LogP contribution in [-0.2, 0) is 11.8 Å². The molecule has 1 aromatic heterocycles. The van der Waals surface area contributed by atoms with E-state index in [-0.39, 0.29) is 18.2 Å². The van der Waals surface area contributed by atoms with Crippen LogP contribution in [0.25, 0.3) is 0 Å². The summed E-state index contributed by atoms with van der Waals surface area (Å²) in [6, 6.07) is 0.0261. The van der Waals surface area contributed by atoms with E-state index in [1.54, 1.807) is 4.68 Å². The first-order chi connectivity index (χ1) is 7.58. The van der Waals surface area contributed by atoms with Gasteiger partial charge in [0.05, 0.1) is 12.3 Å². The minimum atomic E-state index is -0.0475. The van der Waals surface area contributed by atoms with Crippen molar-refractivity contribution in [3.8, 4) is 0 Å². The minimum absolute atomic E-state index is 0.0261. The number of rotatable bonds is 6. The fourth-order valence-electron chi connectivity index (χ4n) is 1.57. The highest BCUT2D eigenvalue weighted by atomic mass is 16.5. The third-order valence-corrected chi connectivity index (χ3v) is 2.87. The molecule has 0 aliphatic carbocycles. The quantitative estimate of drug-likeness (QED) is 0.805. The fraction of sp³-hybridized carbons (Fsp3) is 0.750. The normalized spacial score (nSPS) is 17.1. The summed E-state index contributed by atoms with van der Waals surface area (Å²) in [5, 5.41) is 4.17. The van der Waals surface area contributed by atoms with Crippen molar-refractivity contribution in [2.24, 2.45) is 12.8 Å². The van der Waals surface area contributed by atoms with Crippen LogP contribution < -0.4 is 5.73 Å². The summed E-state index contributed by atoms with van der Waals surface area (Å²) in [7, 11) is 1.90. The molecule has 0 aliphatic heterocycles. The van der Waals surface area contributed by atoms with Gasteiger partial charge >= 0.3 is 0 Å². The Kier molecular flexibility index (Phi) is 4.96. The number of nitrogens with zero attached hydrogens (tertiary/aromatic N) is 2. The SMILES string of the molecule is CCC(C)OC(c1cnn(C)c1)C(N)CC. The molecule has 0 bridgehead atoms. The van der Waals surface area contributed by atoms with Crippen molar-refractivity contribution < 1.29 is 4.74 Å². The molecular formula is C12H23N3O. The van der Waals surface area contributed by atoms with Crippen LogP contribution >= 0.6 is 0 Å². The Morgan fingerprint density at radius 1 is 1.44 bits per heavy atom. The van der Waals surface area contributed by atoms with E-state index in [4.69, 9.17) is 10.5 Å². The van der Waals surface area contributed by atoms with Gasteiger partial charge < -0.3 is 10.5 Å². The summed E-state index contributed by atoms with van der Waals surface area (Å²) in [6.07, 6.45) is 5.88. The molecule has 0 fully saturated rings. The molecule has 4 nitrogen and oxygen atoms in total. The molecule has 0 amide bonds. The lowest BCUT2D eigenvalue weighted by Crippen LogP contribution is -2.31. The Labute approximate surface area is 97.8 Å². The topological polar surface area (TPSA) is 53.1 Å². The first-order valence-electron chi connectivity index (χ1n) is 5.98. The van der Waals surface area contributed by atoms with Crippen LogP contribution in [-0.4, -0.2) is 21.9 Å². The highest BCUT2D eigenvalue weighted by Gasteiger charge is 2.22. The van der Waals surface area contributed by atoms with Gasteiger partial charge in [-0.1, -0.05) is 13.8 Å². The van der Waals surface area contributed by atoms with Gasteiger partial charge in [0.2, 0.25) is 0 Å². The van der Waals surface area contributed by atoms with Crippen molar-refractivity contribution in [1.82, 2.24) is 9.78 Å². The Morgan fingerprint density at radius 3 is 2.56 bits per heavy atom. The van der Waals surface area contributed by atoms with Gasteiger partial charge in [-0.2, -0.15) is 5.10 Å². The molecule has 0 aromatic carbocycles. The number of ether oxygens (including phenoxy) is 1. The zero-order chi connectivity index (χ0) is 12.1. The molecule has 16 heavy (non-hydrogen) atoms. The molecule has 0 spiro atoms. The van der Waals surface area contributed by atoms with Crippen LogP contribution in [0.3, 0.4) is 0 Å². The first kappa shape index (κ1) is 13.2. The van der Waals surface area contributed by atoms with E-state index < -0.39 is 0 Å². The molecule has 4 heteroatoms. The summed E-state index contributed by atoms with van der Waals surface area (Å²) in [5.74, 6) is 0. The Morgan fingerprint density at radius 2 is 2.12 bits per heavy atom. The molecular weight excluding hydrogens is 202 g/mol. The van der Waals surface area contributed by atoms with Gasteiger partial charge in [-0.25, -0.2) is 0 Å². The molecule has 0 radical (unpaired) electrons. The van der Waals surface area contributed by atoms with E-state index in [1.165, 1.54) is 0 Å². The van der Waals surface area contributed by atoms with Crippen LogP contribution in [0.2, 0.25) is 0 Å². The van der Waals surface area contributed by atoms with Crippen LogP contribution in [0.4, 0.5) is 0 Å². The monoisotopic (exact) mass is 225 g/mol. The van der Waals surface area contributed by atoms with E-state index >= 15 is 0 Å². The first-order valence-corrected chi connectivity index (χ1v) is 5.98. The molecule has 0 aliphatic rings. The third kappa shape index (κ3) is 3.32. The second-order valence-electron chi connectivity index (χ2n) is 4.29. The summed E-state index contributed by atoms with van der Waals surface area (Å²) in [6.45, 7) is 6.27. The number of nitrogens with two attached hydrogens (primary N) is 1. The second-order valence-corrected chi connectivity index (χ2v) is 4.29. The average molecular weight is 225 g/mol. The average Bonchev–Trinajstić information content (AvgIpc) is 2.71. The van der Waals surface area contributed by atoms with Crippen LogP contribution in [0.5, 0.6) is 0 Å². The van der Waals surface area contributed by atoms with Gasteiger partial charge in [0.15, 0.2) is 0 Å². The minimum Gasteiger partial charge on any atom is -0.369 e. The molecule has 0 saturated carbocycles. The van der Waals surface area contributed by atoms with Crippen molar-refractivity contribution in [1.29, 1.82) is 0 Å². The molecule has 1 heterocycles. The lowest BCUT2D eigenvalue weighted by Gasteiger charge is -2.25. The van der Waals surface area contributed by atoms with E-state index in [2.05, 4.69) is 25.9 Å². The number of hydrogen-bond acceptors (Lipinski definition) is 3. The summed E-state index contributed by atoms with van der Waals surface area (Å²) >= 11 is 0. The van der Waals surface area contributed by atoms with Crippen LogP contribution in [0, 0.1) is 0 Å². The maximum Gasteiger partial charge on any atom is 0.101 e. The molecule has 92 valence electrons. The lowest BCUT2D eigenvalue weighted by atomic mass is 10.0. The Bertz CT molecular complexity index is 311. The zero-order valence-corrected chi connectivity index (χ0v) is 10.7. The Balaban J connectivity index is 2.78. The van der Waals surface area contributed by atoms with E-state index in [1.807, 2.05) is 19.4 Å². The molecule has 1 aromatic rings. The standard InChI is InChI=1S/C12H23N3O/c1-5-9(3)16-12(11(13)6-2)10-7-14-15(4)8-10/h7-9,11-12H,5-6,13H2,1-4H3. The highest BCUT2D eigenvalue weighted by molar-refractivity contribution is 5.10. The van der Waals surface area contributed by atoms with Gasteiger partial charge in [0.1, 0.15) is 6.10 Å². The maximum absolute atomic E-state index is 6.10. The van der Waals surface area contributed by atoms with Gasteiger partial charge in [-0.3, -0.25) is 4.68 Å². The van der Waals surface area contributed by atoms with Gasteiger partial charge in [-0.05, 0) is 19.8 Å². The maximum atomic E-state index is 6.10. The number of hydrogen-bond donors (Lipinski definition) is 1. The van der Waals surface area contributed by atoms with Crippen molar-refractivity contribution in [2.45, 2.75) is 51.9 Å².